The monoisotopic (exact) mass is 265 g/mol. The minimum atomic E-state index is -4.38. The minimum Gasteiger partial charge on any atom is -0.389 e. The lowest BCUT2D eigenvalue weighted by molar-refractivity contribution is -0.119. The first-order valence-electron chi connectivity index (χ1n) is 5.54. The summed E-state index contributed by atoms with van der Waals surface area (Å²) >= 11 is 0. The molecular weight excluding hydrogens is 250 g/mol. The van der Waals surface area contributed by atoms with Crippen LogP contribution in [-0.2, 0) is 0 Å². The van der Waals surface area contributed by atoms with Crippen LogP contribution in [0.3, 0.4) is 0 Å². The molecule has 0 saturated heterocycles. The van der Waals surface area contributed by atoms with Gasteiger partial charge in [-0.3, -0.25) is 0 Å². The Labute approximate surface area is 103 Å². The van der Waals surface area contributed by atoms with E-state index in [9.17, 15) is 22.7 Å². The molecule has 0 aliphatic heterocycles. The molecule has 0 aliphatic carbocycles. The summed E-state index contributed by atoms with van der Waals surface area (Å²) in [5.74, 6) is -0.705. The molecule has 1 N–H and O–H groups in total. The van der Waals surface area contributed by atoms with Crippen molar-refractivity contribution in [3.63, 3.8) is 0 Å². The minimum absolute atomic E-state index is 0.0721. The highest BCUT2D eigenvalue weighted by Crippen LogP contribution is 2.30. The Bertz CT molecular complexity index is 404. The zero-order valence-corrected chi connectivity index (χ0v) is 10.1. The quantitative estimate of drug-likeness (QED) is 0.845. The van der Waals surface area contributed by atoms with Crippen LogP contribution in [0.5, 0.6) is 0 Å². The SMILES string of the molecule is CCN(CC(F)(F)F)c1cccc(F)c1[C@@H](C)O. The molecule has 1 atom stereocenters. The van der Waals surface area contributed by atoms with Gasteiger partial charge in [-0.1, -0.05) is 6.07 Å². The molecule has 0 bridgehead atoms. The number of rotatable bonds is 4. The number of hydrogen-bond donors (Lipinski definition) is 1. The highest BCUT2D eigenvalue weighted by molar-refractivity contribution is 5.55. The molecule has 0 radical (unpaired) electrons. The molecule has 0 unspecified atom stereocenters. The first kappa shape index (κ1) is 14.8. The number of anilines is 1. The summed E-state index contributed by atoms with van der Waals surface area (Å²) in [7, 11) is 0. The van der Waals surface area contributed by atoms with Crippen LogP contribution in [0, 0.1) is 5.82 Å². The fourth-order valence-corrected chi connectivity index (χ4v) is 1.80. The summed E-state index contributed by atoms with van der Waals surface area (Å²) < 4.78 is 50.8. The molecule has 0 aromatic heterocycles. The van der Waals surface area contributed by atoms with E-state index in [0.717, 1.165) is 11.0 Å². The van der Waals surface area contributed by atoms with Gasteiger partial charge in [0, 0.05) is 17.8 Å². The lowest BCUT2D eigenvalue weighted by atomic mass is 10.1. The Balaban J connectivity index is 3.17. The molecule has 0 saturated carbocycles. The molecule has 0 aliphatic rings. The van der Waals surface area contributed by atoms with Gasteiger partial charge in [-0.15, -0.1) is 0 Å². The summed E-state index contributed by atoms with van der Waals surface area (Å²) in [4.78, 5) is 0.991. The van der Waals surface area contributed by atoms with E-state index in [1.54, 1.807) is 6.92 Å². The Morgan fingerprint density at radius 2 is 1.94 bits per heavy atom. The molecule has 1 aromatic rings. The van der Waals surface area contributed by atoms with Gasteiger partial charge in [0.2, 0.25) is 0 Å². The number of aliphatic hydroxyl groups is 1. The highest BCUT2D eigenvalue weighted by atomic mass is 19.4. The van der Waals surface area contributed by atoms with Gasteiger partial charge in [0.05, 0.1) is 6.10 Å². The van der Waals surface area contributed by atoms with E-state index in [4.69, 9.17) is 0 Å². The summed E-state index contributed by atoms with van der Waals surface area (Å²) in [6, 6.07) is 3.82. The topological polar surface area (TPSA) is 23.5 Å². The van der Waals surface area contributed by atoms with Gasteiger partial charge >= 0.3 is 6.18 Å². The normalized spacial score (nSPS) is 13.5. The number of aliphatic hydroxyl groups excluding tert-OH is 1. The second kappa shape index (κ2) is 5.56. The molecule has 1 aromatic carbocycles. The van der Waals surface area contributed by atoms with Crippen molar-refractivity contribution in [2.45, 2.75) is 26.1 Å². The van der Waals surface area contributed by atoms with Crippen LogP contribution in [0.15, 0.2) is 18.2 Å². The van der Waals surface area contributed by atoms with E-state index in [1.807, 2.05) is 0 Å². The van der Waals surface area contributed by atoms with E-state index in [2.05, 4.69) is 0 Å². The number of benzene rings is 1. The summed E-state index contributed by atoms with van der Waals surface area (Å²) in [6.07, 6.45) is -5.54. The lowest BCUT2D eigenvalue weighted by Crippen LogP contribution is -2.35. The fraction of sp³-hybridized carbons (Fsp3) is 0.500. The largest absolute Gasteiger partial charge is 0.405 e. The second-order valence-corrected chi connectivity index (χ2v) is 3.98. The third-order valence-electron chi connectivity index (χ3n) is 2.54. The van der Waals surface area contributed by atoms with Crippen LogP contribution in [0.25, 0.3) is 0 Å². The standard InChI is InChI=1S/C12H15F4NO/c1-3-17(7-12(14,15)16)10-6-4-5-9(13)11(10)8(2)18/h4-6,8,18H,3,7H2,1-2H3/t8-/m1/s1. The predicted molar refractivity (Wildman–Crippen MR) is 61.0 cm³/mol. The van der Waals surface area contributed by atoms with Crippen molar-refractivity contribution in [3.8, 4) is 0 Å². The molecular formula is C12H15F4NO. The zero-order chi connectivity index (χ0) is 13.9. The van der Waals surface area contributed by atoms with Crippen molar-refractivity contribution in [2.24, 2.45) is 0 Å². The lowest BCUT2D eigenvalue weighted by Gasteiger charge is -2.27. The molecule has 6 heteroatoms. The van der Waals surface area contributed by atoms with Crippen molar-refractivity contribution in [3.05, 3.63) is 29.6 Å². The van der Waals surface area contributed by atoms with Crippen LogP contribution < -0.4 is 4.90 Å². The maximum atomic E-state index is 13.6. The smallest absolute Gasteiger partial charge is 0.389 e. The first-order valence-corrected chi connectivity index (χ1v) is 5.54. The van der Waals surface area contributed by atoms with Gasteiger partial charge in [0.25, 0.3) is 0 Å². The van der Waals surface area contributed by atoms with Crippen LogP contribution >= 0.6 is 0 Å². The van der Waals surface area contributed by atoms with E-state index in [0.29, 0.717) is 0 Å². The van der Waals surface area contributed by atoms with Crippen LogP contribution in [0.4, 0.5) is 23.2 Å². The molecule has 102 valence electrons. The zero-order valence-electron chi connectivity index (χ0n) is 10.1. The summed E-state index contributed by atoms with van der Waals surface area (Å²) in [6.45, 7) is 1.77. The third kappa shape index (κ3) is 3.60. The maximum absolute atomic E-state index is 13.6. The Kier molecular flexibility index (Phi) is 4.56. The van der Waals surface area contributed by atoms with Crippen molar-refractivity contribution >= 4 is 5.69 Å². The first-order chi connectivity index (χ1) is 8.26. The maximum Gasteiger partial charge on any atom is 0.405 e. The molecule has 1 rings (SSSR count). The average molecular weight is 265 g/mol. The Morgan fingerprint density at radius 3 is 2.39 bits per heavy atom. The van der Waals surface area contributed by atoms with Gasteiger partial charge in [0.15, 0.2) is 0 Å². The third-order valence-corrected chi connectivity index (χ3v) is 2.54. The molecule has 18 heavy (non-hydrogen) atoms. The average Bonchev–Trinajstić information content (AvgIpc) is 2.23. The summed E-state index contributed by atoms with van der Waals surface area (Å²) in [5.41, 5.74) is -0.0339. The van der Waals surface area contributed by atoms with Crippen LogP contribution in [0.1, 0.15) is 25.5 Å². The molecule has 0 spiro atoms. The van der Waals surface area contributed by atoms with Gasteiger partial charge in [-0.05, 0) is 26.0 Å². The van der Waals surface area contributed by atoms with Crippen molar-refractivity contribution < 1.29 is 22.7 Å². The molecule has 2 nitrogen and oxygen atoms in total. The van der Waals surface area contributed by atoms with Crippen LogP contribution in [0.2, 0.25) is 0 Å². The van der Waals surface area contributed by atoms with Gasteiger partial charge in [-0.25, -0.2) is 4.39 Å². The van der Waals surface area contributed by atoms with Gasteiger partial charge < -0.3 is 10.0 Å². The molecule has 0 amide bonds. The number of alkyl halides is 3. The highest BCUT2D eigenvalue weighted by Gasteiger charge is 2.31. The number of halogens is 4. The molecule has 0 fully saturated rings. The Hall–Kier alpha value is -1.30. The van der Waals surface area contributed by atoms with E-state index in [-0.39, 0.29) is 17.8 Å². The fourth-order valence-electron chi connectivity index (χ4n) is 1.80. The number of nitrogens with zero attached hydrogens (tertiary/aromatic N) is 1. The van der Waals surface area contributed by atoms with Crippen molar-refractivity contribution in [1.29, 1.82) is 0 Å². The van der Waals surface area contributed by atoms with Gasteiger partial charge in [-0.2, -0.15) is 13.2 Å². The van der Waals surface area contributed by atoms with E-state index in [1.165, 1.54) is 19.1 Å². The van der Waals surface area contributed by atoms with Gasteiger partial charge in [0.1, 0.15) is 12.4 Å². The molecule has 0 heterocycles. The second-order valence-electron chi connectivity index (χ2n) is 3.98. The van der Waals surface area contributed by atoms with E-state index >= 15 is 0 Å². The summed E-state index contributed by atoms with van der Waals surface area (Å²) in [5, 5.41) is 9.48. The predicted octanol–water partition coefficient (Wildman–Crippen LogP) is 3.27. The van der Waals surface area contributed by atoms with E-state index < -0.39 is 24.6 Å². The van der Waals surface area contributed by atoms with Crippen LogP contribution in [-0.4, -0.2) is 24.4 Å². The van der Waals surface area contributed by atoms with Crippen molar-refractivity contribution in [2.75, 3.05) is 18.0 Å². The Morgan fingerprint density at radius 1 is 1.33 bits per heavy atom. The van der Waals surface area contributed by atoms with Crippen molar-refractivity contribution in [1.82, 2.24) is 0 Å². The number of hydrogen-bond acceptors (Lipinski definition) is 2.